The smallest absolute Gasteiger partial charge is 0.0931 e. The highest BCUT2D eigenvalue weighted by Gasteiger charge is 2.14. The second-order valence-corrected chi connectivity index (χ2v) is 6.82. The van der Waals surface area contributed by atoms with Crippen LogP contribution in [0.1, 0.15) is 16.5 Å². The Morgan fingerprint density at radius 3 is 2.78 bits per heavy atom. The quantitative estimate of drug-likeness (QED) is 0.729. The third-order valence-electron chi connectivity index (χ3n) is 2.89. The topological polar surface area (TPSA) is 20.2 Å². The molecule has 0 spiro atoms. The molecule has 1 nitrogen and oxygen atoms in total. The van der Waals surface area contributed by atoms with Gasteiger partial charge in [0.2, 0.25) is 0 Å². The van der Waals surface area contributed by atoms with E-state index in [0.717, 1.165) is 20.2 Å². The van der Waals surface area contributed by atoms with Crippen molar-refractivity contribution in [1.29, 1.82) is 0 Å². The Bertz CT molecular complexity index is 671. The molecule has 4 heteroatoms. The fraction of sp³-hybridized carbons (Fsp3) is 0.143. The van der Waals surface area contributed by atoms with Gasteiger partial charge in [-0.15, -0.1) is 22.7 Å². The Hall–Kier alpha value is -0.870. The van der Waals surface area contributed by atoms with Crippen molar-refractivity contribution in [3.05, 3.63) is 56.6 Å². The van der Waals surface area contributed by atoms with E-state index in [1.54, 1.807) is 11.3 Å². The van der Waals surface area contributed by atoms with Crippen LogP contribution in [0, 0.1) is 0 Å². The molecular weight excluding hydrogens is 284 g/mol. The lowest BCUT2D eigenvalue weighted by Gasteiger charge is -2.08. The number of aliphatic hydroxyl groups excluding tert-OH is 1. The van der Waals surface area contributed by atoms with Crippen LogP contribution >= 0.6 is 34.3 Å². The maximum atomic E-state index is 10.3. The van der Waals surface area contributed by atoms with Crippen molar-refractivity contribution < 1.29 is 5.11 Å². The summed E-state index contributed by atoms with van der Waals surface area (Å²) in [5, 5.41) is 13.5. The predicted octanol–water partition coefficient (Wildman–Crippen LogP) is 4.89. The fourth-order valence-corrected chi connectivity index (χ4v) is 4.15. The highest BCUT2D eigenvalue weighted by Crippen LogP contribution is 2.33. The molecular formula is C14H11ClOS2. The molecule has 2 aromatic heterocycles. The van der Waals surface area contributed by atoms with E-state index in [-0.39, 0.29) is 0 Å². The number of hydrogen-bond acceptors (Lipinski definition) is 3. The molecule has 0 aliphatic heterocycles. The number of rotatable bonds is 3. The van der Waals surface area contributed by atoms with E-state index < -0.39 is 6.10 Å². The lowest BCUT2D eigenvalue weighted by molar-refractivity contribution is 0.181. The molecule has 3 rings (SSSR count). The van der Waals surface area contributed by atoms with Gasteiger partial charge in [-0.3, -0.25) is 0 Å². The summed E-state index contributed by atoms with van der Waals surface area (Å²) >= 11 is 9.11. The molecule has 0 saturated heterocycles. The maximum absolute atomic E-state index is 10.3. The highest BCUT2D eigenvalue weighted by molar-refractivity contribution is 7.17. The second kappa shape index (κ2) is 5.02. The molecule has 0 radical (unpaired) electrons. The van der Waals surface area contributed by atoms with Gasteiger partial charge in [0.15, 0.2) is 0 Å². The van der Waals surface area contributed by atoms with Gasteiger partial charge in [-0.2, -0.15) is 0 Å². The van der Waals surface area contributed by atoms with Crippen LogP contribution in [0.2, 0.25) is 4.34 Å². The minimum absolute atomic E-state index is 0.462. The number of aliphatic hydroxyl groups is 1. The normalized spacial score (nSPS) is 13.0. The van der Waals surface area contributed by atoms with E-state index >= 15 is 0 Å². The van der Waals surface area contributed by atoms with Crippen LogP contribution in [0.3, 0.4) is 0 Å². The summed E-state index contributed by atoms with van der Waals surface area (Å²) in [4.78, 5) is 1.11. The van der Waals surface area contributed by atoms with Crippen LogP contribution in [-0.4, -0.2) is 5.11 Å². The van der Waals surface area contributed by atoms with Gasteiger partial charge in [0.25, 0.3) is 0 Å². The summed E-state index contributed by atoms with van der Waals surface area (Å²) in [6, 6.07) is 12.0. The molecule has 0 aliphatic carbocycles. The Morgan fingerprint density at radius 2 is 2.00 bits per heavy atom. The van der Waals surface area contributed by atoms with Crippen molar-refractivity contribution in [2.75, 3.05) is 0 Å². The Balaban J connectivity index is 1.90. The molecule has 0 saturated carbocycles. The van der Waals surface area contributed by atoms with Crippen molar-refractivity contribution >= 4 is 44.4 Å². The number of hydrogen-bond donors (Lipinski definition) is 1. The van der Waals surface area contributed by atoms with Gasteiger partial charge < -0.3 is 5.11 Å². The van der Waals surface area contributed by atoms with Crippen LogP contribution < -0.4 is 0 Å². The summed E-state index contributed by atoms with van der Waals surface area (Å²) in [6.45, 7) is 0. The predicted molar refractivity (Wildman–Crippen MR) is 79.8 cm³/mol. The molecule has 0 fully saturated rings. The van der Waals surface area contributed by atoms with E-state index in [2.05, 4.69) is 12.1 Å². The maximum Gasteiger partial charge on any atom is 0.0931 e. The first-order valence-corrected chi connectivity index (χ1v) is 7.70. The molecule has 0 amide bonds. The molecule has 1 aromatic carbocycles. The molecule has 0 aliphatic rings. The zero-order valence-corrected chi connectivity index (χ0v) is 11.9. The van der Waals surface area contributed by atoms with E-state index in [9.17, 15) is 5.11 Å². The number of fused-ring (bicyclic) bond motifs is 1. The third kappa shape index (κ3) is 2.31. The first-order valence-electron chi connectivity index (χ1n) is 5.62. The van der Waals surface area contributed by atoms with Crippen LogP contribution in [0.4, 0.5) is 0 Å². The monoisotopic (exact) mass is 294 g/mol. The second-order valence-electron chi connectivity index (χ2n) is 4.11. The molecule has 1 unspecified atom stereocenters. The lowest BCUT2D eigenvalue weighted by Crippen LogP contribution is -1.99. The van der Waals surface area contributed by atoms with Crippen molar-refractivity contribution in [1.82, 2.24) is 0 Å². The summed E-state index contributed by atoms with van der Waals surface area (Å²) in [7, 11) is 0. The zero-order chi connectivity index (χ0) is 12.5. The summed E-state index contributed by atoms with van der Waals surface area (Å²) in [6.07, 6.45) is 0.161. The van der Waals surface area contributed by atoms with Crippen LogP contribution in [0.25, 0.3) is 10.1 Å². The van der Waals surface area contributed by atoms with Gasteiger partial charge in [-0.05, 0) is 34.5 Å². The van der Waals surface area contributed by atoms with Crippen molar-refractivity contribution in [2.24, 2.45) is 0 Å². The molecule has 0 bridgehead atoms. The summed E-state index contributed by atoms with van der Waals surface area (Å²) in [5.74, 6) is 0. The average Bonchev–Trinajstić information content (AvgIpc) is 2.95. The van der Waals surface area contributed by atoms with Gasteiger partial charge in [0.1, 0.15) is 0 Å². The summed E-state index contributed by atoms with van der Waals surface area (Å²) < 4.78 is 1.99. The van der Waals surface area contributed by atoms with Crippen LogP contribution in [0.5, 0.6) is 0 Å². The number of halogens is 1. The Labute approximate surface area is 118 Å². The minimum atomic E-state index is -0.462. The minimum Gasteiger partial charge on any atom is -0.388 e. The van der Waals surface area contributed by atoms with Crippen molar-refractivity contribution in [3.63, 3.8) is 0 Å². The SMILES string of the molecule is OC(Cc1ccc(Cl)s1)c1csc2ccccc12. The number of thiophene rings is 2. The van der Waals surface area contributed by atoms with E-state index in [1.807, 2.05) is 29.6 Å². The molecule has 1 N–H and O–H groups in total. The van der Waals surface area contributed by atoms with Gasteiger partial charge in [0, 0.05) is 16.0 Å². The van der Waals surface area contributed by atoms with E-state index in [4.69, 9.17) is 11.6 Å². The molecule has 1 atom stereocenters. The summed E-state index contributed by atoms with van der Waals surface area (Å²) in [5.41, 5.74) is 1.01. The Kier molecular flexibility index (Phi) is 3.39. The molecule has 2 heterocycles. The molecule has 92 valence electrons. The van der Waals surface area contributed by atoms with Crippen molar-refractivity contribution in [2.45, 2.75) is 12.5 Å². The largest absolute Gasteiger partial charge is 0.388 e. The molecule has 18 heavy (non-hydrogen) atoms. The Morgan fingerprint density at radius 1 is 1.17 bits per heavy atom. The van der Waals surface area contributed by atoms with Crippen LogP contribution in [-0.2, 0) is 6.42 Å². The number of benzene rings is 1. The van der Waals surface area contributed by atoms with E-state index in [1.165, 1.54) is 16.0 Å². The van der Waals surface area contributed by atoms with Gasteiger partial charge in [0.05, 0.1) is 10.4 Å². The third-order valence-corrected chi connectivity index (χ3v) is 5.13. The standard InChI is InChI=1S/C14H11ClOS2/c15-14-6-5-9(18-14)7-12(16)11-8-17-13-4-2-1-3-10(11)13/h1-6,8,12,16H,7H2. The zero-order valence-electron chi connectivity index (χ0n) is 9.47. The average molecular weight is 295 g/mol. The fourth-order valence-electron chi connectivity index (χ4n) is 2.02. The van der Waals surface area contributed by atoms with Gasteiger partial charge >= 0.3 is 0 Å². The van der Waals surface area contributed by atoms with Crippen LogP contribution in [0.15, 0.2) is 41.8 Å². The highest BCUT2D eigenvalue weighted by atomic mass is 35.5. The lowest BCUT2D eigenvalue weighted by atomic mass is 10.1. The van der Waals surface area contributed by atoms with E-state index in [0.29, 0.717) is 6.42 Å². The van der Waals surface area contributed by atoms with Gasteiger partial charge in [-0.1, -0.05) is 29.8 Å². The first kappa shape index (κ1) is 12.2. The first-order chi connectivity index (χ1) is 8.74. The van der Waals surface area contributed by atoms with Gasteiger partial charge in [-0.25, -0.2) is 0 Å². The van der Waals surface area contributed by atoms with Crippen molar-refractivity contribution in [3.8, 4) is 0 Å². The molecule has 3 aromatic rings.